The SMILES string of the molecule is O=C(c1cc(-c2cccs2)[nH]n1)N1CCCN([C@@H]2CCN(Cc3ccccc3)C2=O)CC1. The van der Waals surface area contributed by atoms with Gasteiger partial charge in [-0.1, -0.05) is 36.4 Å². The number of hydrogen-bond donors (Lipinski definition) is 1. The molecule has 5 rings (SSSR count). The third kappa shape index (κ3) is 4.33. The van der Waals surface area contributed by atoms with E-state index < -0.39 is 0 Å². The molecule has 166 valence electrons. The van der Waals surface area contributed by atoms with Crippen molar-refractivity contribution >= 4 is 23.2 Å². The summed E-state index contributed by atoms with van der Waals surface area (Å²) in [5.74, 6) is 0.163. The van der Waals surface area contributed by atoms with E-state index >= 15 is 0 Å². The van der Waals surface area contributed by atoms with Crippen molar-refractivity contribution in [2.24, 2.45) is 0 Å². The molecule has 0 spiro atoms. The molecular weight excluding hydrogens is 422 g/mol. The average Bonchev–Trinajstić information content (AvgIpc) is 3.54. The molecule has 0 unspecified atom stereocenters. The number of benzene rings is 1. The van der Waals surface area contributed by atoms with Crippen molar-refractivity contribution in [2.75, 3.05) is 32.7 Å². The molecule has 32 heavy (non-hydrogen) atoms. The first-order chi connectivity index (χ1) is 15.7. The summed E-state index contributed by atoms with van der Waals surface area (Å²) in [6.45, 7) is 4.30. The van der Waals surface area contributed by atoms with Crippen molar-refractivity contribution in [2.45, 2.75) is 25.4 Å². The van der Waals surface area contributed by atoms with Crippen LogP contribution in [-0.4, -0.2) is 75.5 Å². The molecule has 0 aliphatic carbocycles. The molecule has 2 amide bonds. The summed E-state index contributed by atoms with van der Waals surface area (Å²) in [7, 11) is 0. The predicted molar refractivity (Wildman–Crippen MR) is 124 cm³/mol. The van der Waals surface area contributed by atoms with Crippen molar-refractivity contribution in [3.8, 4) is 10.6 Å². The number of carbonyl (C=O) groups is 2. The molecule has 2 aromatic heterocycles. The number of likely N-dealkylation sites (tertiary alicyclic amines) is 1. The molecule has 0 radical (unpaired) electrons. The molecule has 1 atom stereocenters. The molecule has 2 fully saturated rings. The highest BCUT2D eigenvalue weighted by molar-refractivity contribution is 7.13. The number of nitrogens with one attached hydrogen (secondary N) is 1. The van der Waals surface area contributed by atoms with E-state index in [2.05, 4.69) is 27.2 Å². The number of aromatic nitrogens is 2. The quantitative estimate of drug-likeness (QED) is 0.650. The number of rotatable bonds is 5. The first-order valence-electron chi connectivity index (χ1n) is 11.1. The van der Waals surface area contributed by atoms with Crippen LogP contribution >= 0.6 is 11.3 Å². The summed E-state index contributed by atoms with van der Waals surface area (Å²) in [4.78, 5) is 33.3. The van der Waals surface area contributed by atoms with Gasteiger partial charge in [0.2, 0.25) is 5.91 Å². The monoisotopic (exact) mass is 449 g/mol. The smallest absolute Gasteiger partial charge is 0.274 e. The normalized spacial score (nSPS) is 20.0. The molecule has 7 nitrogen and oxygen atoms in total. The molecule has 0 bridgehead atoms. The summed E-state index contributed by atoms with van der Waals surface area (Å²) < 4.78 is 0. The van der Waals surface area contributed by atoms with E-state index in [-0.39, 0.29) is 17.9 Å². The summed E-state index contributed by atoms with van der Waals surface area (Å²) in [5, 5.41) is 9.24. The largest absolute Gasteiger partial charge is 0.337 e. The molecule has 2 saturated heterocycles. The molecule has 0 saturated carbocycles. The fourth-order valence-corrected chi connectivity index (χ4v) is 5.32. The van der Waals surface area contributed by atoms with Crippen LogP contribution in [0.5, 0.6) is 0 Å². The molecule has 4 heterocycles. The van der Waals surface area contributed by atoms with E-state index in [0.29, 0.717) is 31.9 Å². The number of carbonyl (C=O) groups excluding carboxylic acids is 2. The summed E-state index contributed by atoms with van der Waals surface area (Å²) in [6, 6.07) is 15.9. The van der Waals surface area contributed by atoms with Gasteiger partial charge in [0, 0.05) is 39.3 Å². The molecule has 8 heteroatoms. The van der Waals surface area contributed by atoms with E-state index in [1.807, 2.05) is 51.6 Å². The maximum Gasteiger partial charge on any atom is 0.274 e. The highest BCUT2D eigenvalue weighted by Gasteiger charge is 2.36. The second-order valence-corrected chi connectivity index (χ2v) is 9.32. The lowest BCUT2D eigenvalue weighted by Crippen LogP contribution is -2.44. The Balaban J connectivity index is 1.19. The minimum atomic E-state index is -0.0791. The third-order valence-electron chi connectivity index (χ3n) is 6.33. The first-order valence-corrected chi connectivity index (χ1v) is 12.0. The molecule has 1 aromatic carbocycles. The topological polar surface area (TPSA) is 72.5 Å². The van der Waals surface area contributed by atoms with Gasteiger partial charge in [-0.15, -0.1) is 11.3 Å². The van der Waals surface area contributed by atoms with Crippen molar-refractivity contribution in [1.29, 1.82) is 0 Å². The van der Waals surface area contributed by atoms with Crippen molar-refractivity contribution in [3.05, 3.63) is 65.2 Å². The Kier molecular flexibility index (Phi) is 6.05. The van der Waals surface area contributed by atoms with E-state index in [1.165, 1.54) is 0 Å². The van der Waals surface area contributed by atoms with Crippen LogP contribution in [0.25, 0.3) is 10.6 Å². The van der Waals surface area contributed by atoms with Crippen LogP contribution in [0.2, 0.25) is 0 Å². The standard InChI is InChI=1S/C24H27N5O2S/c30-23(20-16-19(25-26-20)22-8-4-15-32-22)28-11-5-10-27(13-14-28)21-9-12-29(24(21)31)17-18-6-2-1-3-7-18/h1-4,6-8,15-16,21H,5,9-14,17H2,(H,25,26)/t21-/m1/s1. The van der Waals surface area contributed by atoms with Gasteiger partial charge in [0.15, 0.2) is 5.69 Å². The first kappa shape index (κ1) is 20.9. The summed E-state index contributed by atoms with van der Waals surface area (Å²) >= 11 is 1.62. The Hall–Kier alpha value is -2.97. The van der Waals surface area contributed by atoms with Gasteiger partial charge < -0.3 is 9.80 Å². The number of thiophene rings is 1. The van der Waals surface area contributed by atoms with Crippen molar-refractivity contribution in [3.63, 3.8) is 0 Å². The van der Waals surface area contributed by atoms with Gasteiger partial charge in [-0.2, -0.15) is 5.10 Å². The van der Waals surface area contributed by atoms with E-state index in [4.69, 9.17) is 0 Å². The van der Waals surface area contributed by atoms with Gasteiger partial charge >= 0.3 is 0 Å². The van der Waals surface area contributed by atoms with Crippen LogP contribution in [0, 0.1) is 0 Å². The molecule has 1 N–H and O–H groups in total. The predicted octanol–water partition coefficient (Wildman–Crippen LogP) is 3.09. The van der Waals surface area contributed by atoms with Crippen LogP contribution in [0.4, 0.5) is 0 Å². The van der Waals surface area contributed by atoms with E-state index in [1.54, 1.807) is 11.3 Å². The Morgan fingerprint density at radius 3 is 2.75 bits per heavy atom. The number of H-pyrrole nitrogens is 1. The Bertz CT molecular complexity index is 1070. The van der Waals surface area contributed by atoms with Gasteiger partial charge in [-0.25, -0.2) is 0 Å². The van der Waals surface area contributed by atoms with Gasteiger partial charge in [0.25, 0.3) is 5.91 Å². The lowest BCUT2D eigenvalue weighted by molar-refractivity contribution is -0.132. The zero-order chi connectivity index (χ0) is 21.9. The zero-order valence-corrected chi connectivity index (χ0v) is 18.8. The molecule has 2 aliphatic rings. The second kappa shape index (κ2) is 9.26. The molecule has 2 aliphatic heterocycles. The summed E-state index contributed by atoms with van der Waals surface area (Å²) in [6.07, 6.45) is 1.71. The average molecular weight is 450 g/mol. The van der Waals surface area contributed by atoms with Crippen LogP contribution in [0.15, 0.2) is 53.9 Å². The summed E-state index contributed by atoms with van der Waals surface area (Å²) in [5.41, 5.74) is 2.48. The molecule has 3 aromatic rings. The fraction of sp³-hybridized carbons (Fsp3) is 0.375. The van der Waals surface area contributed by atoms with E-state index in [9.17, 15) is 9.59 Å². The fourth-order valence-electron chi connectivity index (χ4n) is 4.63. The van der Waals surface area contributed by atoms with Crippen LogP contribution < -0.4 is 0 Å². The van der Waals surface area contributed by atoms with E-state index in [0.717, 1.165) is 42.1 Å². The van der Waals surface area contributed by atoms with Gasteiger partial charge in [-0.05, 0) is 35.9 Å². The highest BCUT2D eigenvalue weighted by Crippen LogP contribution is 2.24. The highest BCUT2D eigenvalue weighted by atomic mass is 32.1. The Labute approximate surface area is 191 Å². The third-order valence-corrected chi connectivity index (χ3v) is 7.23. The molecular formula is C24H27N5O2S. The maximum atomic E-state index is 13.1. The van der Waals surface area contributed by atoms with Crippen molar-refractivity contribution in [1.82, 2.24) is 24.9 Å². The van der Waals surface area contributed by atoms with Crippen LogP contribution in [-0.2, 0) is 11.3 Å². The number of aromatic amines is 1. The minimum Gasteiger partial charge on any atom is -0.337 e. The Morgan fingerprint density at radius 1 is 1.06 bits per heavy atom. The second-order valence-electron chi connectivity index (χ2n) is 8.38. The Morgan fingerprint density at radius 2 is 1.94 bits per heavy atom. The van der Waals surface area contributed by atoms with Gasteiger partial charge in [-0.3, -0.25) is 19.6 Å². The lowest BCUT2D eigenvalue weighted by Gasteiger charge is -2.26. The lowest BCUT2D eigenvalue weighted by atomic mass is 10.2. The maximum absolute atomic E-state index is 13.1. The van der Waals surface area contributed by atoms with Gasteiger partial charge in [0.1, 0.15) is 0 Å². The number of amides is 2. The number of nitrogens with zero attached hydrogens (tertiary/aromatic N) is 4. The number of hydrogen-bond acceptors (Lipinski definition) is 5. The minimum absolute atomic E-state index is 0.0469. The van der Waals surface area contributed by atoms with Gasteiger partial charge in [0.05, 0.1) is 16.6 Å². The van der Waals surface area contributed by atoms with Crippen LogP contribution in [0.1, 0.15) is 28.9 Å². The van der Waals surface area contributed by atoms with Crippen LogP contribution in [0.3, 0.4) is 0 Å². The van der Waals surface area contributed by atoms with Crippen molar-refractivity contribution < 1.29 is 9.59 Å². The zero-order valence-electron chi connectivity index (χ0n) is 17.9.